The summed E-state index contributed by atoms with van der Waals surface area (Å²) >= 11 is 0. The number of nitriles is 2. The van der Waals surface area contributed by atoms with Gasteiger partial charge in [-0.1, -0.05) is 81.3 Å². The highest BCUT2D eigenvalue weighted by atomic mass is 16.5. The third-order valence-corrected chi connectivity index (χ3v) is 7.06. The van der Waals surface area contributed by atoms with Crippen LogP contribution in [0.3, 0.4) is 0 Å². The molecular formula is C34H39N3O2. The molecule has 0 radical (unpaired) electrons. The Morgan fingerprint density at radius 3 is 2.26 bits per heavy atom. The van der Waals surface area contributed by atoms with Crippen molar-refractivity contribution in [2.45, 2.75) is 59.0 Å². The van der Waals surface area contributed by atoms with Crippen LogP contribution in [0.25, 0.3) is 6.08 Å². The number of hydrogen-bond donors (Lipinski definition) is 0. The zero-order valence-electron chi connectivity index (χ0n) is 23.8. The molecule has 2 aromatic carbocycles. The molecule has 0 saturated carbocycles. The maximum atomic E-state index is 10.0. The number of unbranched alkanes of at least 4 members (excludes halogenated alkanes) is 2. The molecule has 0 aliphatic carbocycles. The van der Waals surface area contributed by atoms with E-state index < -0.39 is 5.60 Å². The molecule has 39 heavy (non-hydrogen) atoms. The fourth-order valence-electron chi connectivity index (χ4n) is 4.72. The highest BCUT2D eigenvalue weighted by molar-refractivity contribution is 5.65. The van der Waals surface area contributed by atoms with Crippen LogP contribution in [0.2, 0.25) is 0 Å². The van der Waals surface area contributed by atoms with Gasteiger partial charge in [0.25, 0.3) is 0 Å². The molecule has 0 bridgehead atoms. The standard InChI is InChI=1S/C34H39N3O2/c1-6-8-21-37(22-9-7-2)29-20-19-27(32(23-29)38-5)15-13-14-18-31-30(25-36)33(26(3)24-35)39-34(31,4)28-16-11-10-12-17-28/h10-20,23H,6-9,21-22H2,1-5H3/b15-13+,18-14+,33-26-. The van der Waals surface area contributed by atoms with Gasteiger partial charge in [-0.2, -0.15) is 10.5 Å². The Bertz CT molecular complexity index is 1330. The van der Waals surface area contributed by atoms with E-state index in [2.05, 4.69) is 49.1 Å². The Morgan fingerprint density at radius 1 is 1.00 bits per heavy atom. The SMILES string of the molecule is CCCCN(CCCC)c1ccc(/C=C/C=C/C2=C(C#N)C(=C(\C)C#N)/OC2(C)c2ccccc2)c(OC)c1. The fourth-order valence-corrected chi connectivity index (χ4v) is 4.72. The Balaban J connectivity index is 1.93. The van der Waals surface area contributed by atoms with E-state index in [4.69, 9.17) is 9.47 Å². The predicted octanol–water partition coefficient (Wildman–Crippen LogP) is 8.23. The molecule has 5 nitrogen and oxygen atoms in total. The van der Waals surface area contributed by atoms with Crippen molar-refractivity contribution in [3.63, 3.8) is 0 Å². The molecule has 202 valence electrons. The lowest BCUT2D eigenvalue weighted by atomic mass is 9.86. The van der Waals surface area contributed by atoms with Gasteiger partial charge in [-0.3, -0.25) is 0 Å². The minimum absolute atomic E-state index is 0.336. The van der Waals surface area contributed by atoms with Gasteiger partial charge < -0.3 is 14.4 Å². The highest BCUT2D eigenvalue weighted by Gasteiger charge is 2.43. The number of rotatable bonds is 12. The second-order valence-electron chi connectivity index (χ2n) is 9.81. The summed E-state index contributed by atoms with van der Waals surface area (Å²) in [6.45, 7) is 10.1. The van der Waals surface area contributed by atoms with Gasteiger partial charge in [0, 0.05) is 36.0 Å². The molecule has 1 unspecified atom stereocenters. The van der Waals surface area contributed by atoms with Gasteiger partial charge in [-0.05, 0) is 44.4 Å². The molecule has 0 spiro atoms. The second kappa shape index (κ2) is 14.1. The quantitative estimate of drug-likeness (QED) is 0.208. The van der Waals surface area contributed by atoms with Crippen LogP contribution >= 0.6 is 0 Å². The summed E-state index contributed by atoms with van der Waals surface area (Å²) in [5.74, 6) is 1.16. The maximum Gasteiger partial charge on any atom is 0.158 e. The Kier molecular flexibility index (Phi) is 10.6. The van der Waals surface area contributed by atoms with E-state index in [0.717, 1.165) is 48.4 Å². The number of benzene rings is 2. The van der Waals surface area contributed by atoms with Crippen LogP contribution in [-0.4, -0.2) is 20.2 Å². The van der Waals surface area contributed by atoms with Crippen LogP contribution in [0.5, 0.6) is 5.75 Å². The average Bonchev–Trinajstić information content (AvgIpc) is 3.27. The van der Waals surface area contributed by atoms with E-state index in [1.807, 2.05) is 61.6 Å². The van der Waals surface area contributed by atoms with E-state index in [9.17, 15) is 10.5 Å². The molecule has 1 aliphatic heterocycles. The first-order valence-corrected chi connectivity index (χ1v) is 13.7. The van der Waals surface area contributed by atoms with Gasteiger partial charge in [0.1, 0.15) is 17.4 Å². The van der Waals surface area contributed by atoms with Crippen molar-refractivity contribution in [2.24, 2.45) is 0 Å². The maximum absolute atomic E-state index is 10.0. The van der Waals surface area contributed by atoms with E-state index in [1.54, 1.807) is 14.0 Å². The molecule has 1 heterocycles. The van der Waals surface area contributed by atoms with Gasteiger partial charge in [0.15, 0.2) is 11.4 Å². The molecule has 0 saturated heterocycles. The van der Waals surface area contributed by atoms with Gasteiger partial charge in [-0.25, -0.2) is 0 Å². The highest BCUT2D eigenvalue weighted by Crippen LogP contribution is 2.46. The van der Waals surface area contributed by atoms with E-state index >= 15 is 0 Å². The lowest BCUT2D eigenvalue weighted by molar-refractivity contribution is 0.0750. The van der Waals surface area contributed by atoms with Crippen molar-refractivity contribution < 1.29 is 9.47 Å². The van der Waals surface area contributed by atoms with Crippen LogP contribution in [0, 0.1) is 22.7 Å². The first-order chi connectivity index (χ1) is 18.9. The van der Waals surface area contributed by atoms with Gasteiger partial charge in [0.2, 0.25) is 0 Å². The van der Waals surface area contributed by atoms with Crippen LogP contribution < -0.4 is 9.64 Å². The minimum Gasteiger partial charge on any atom is -0.496 e. The Hall–Kier alpha value is -4.22. The summed E-state index contributed by atoms with van der Waals surface area (Å²) in [7, 11) is 1.70. The molecule has 0 N–H and O–H groups in total. The molecule has 1 aliphatic rings. The molecule has 2 aromatic rings. The number of nitrogens with zero attached hydrogens (tertiary/aromatic N) is 3. The van der Waals surface area contributed by atoms with E-state index in [-0.39, 0.29) is 0 Å². The Morgan fingerprint density at radius 2 is 1.67 bits per heavy atom. The Labute approximate surface area is 234 Å². The first kappa shape index (κ1) is 29.3. The van der Waals surface area contributed by atoms with Crippen molar-refractivity contribution in [3.8, 4) is 17.9 Å². The summed E-state index contributed by atoms with van der Waals surface area (Å²) in [6, 6.07) is 20.5. The van der Waals surface area contributed by atoms with Crippen molar-refractivity contribution in [3.05, 3.63) is 100 Å². The molecular weight excluding hydrogens is 482 g/mol. The topological polar surface area (TPSA) is 69.3 Å². The lowest BCUT2D eigenvalue weighted by Crippen LogP contribution is -2.25. The molecule has 0 fully saturated rings. The summed E-state index contributed by atoms with van der Waals surface area (Å²) < 4.78 is 12.1. The molecule has 0 aromatic heterocycles. The van der Waals surface area contributed by atoms with Crippen LogP contribution in [-0.2, 0) is 10.3 Å². The zero-order chi connectivity index (χ0) is 28.3. The number of anilines is 1. The van der Waals surface area contributed by atoms with Crippen molar-refractivity contribution in [1.82, 2.24) is 0 Å². The number of hydrogen-bond acceptors (Lipinski definition) is 5. The van der Waals surface area contributed by atoms with Gasteiger partial charge >= 0.3 is 0 Å². The monoisotopic (exact) mass is 521 g/mol. The molecule has 1 atom stereocenters. The first-order valence-electron chi connectivity index (χ1n) is 13.7. The second-order valence-corrected chi connectivity index (χ2v) is 9.81. The van der Waals surface area contributed by atoms with Crippen molar-refractivity contribution in [2.75, 3.05) is 25.1 Å². The number of methoxy groups -OCH3 is 1. The van der Waals surface area contributed by atoms with Gasteiger partial charge in [-0.15, -0.1) is 0 Å². The smallest absolute Gasteiger partial charge is 0.158 e. The third-order valence-electron chi connectivity index (χ3n) is 7.06. The molecule has 0 amide bonds. The summed E-state index contributed by atoms with van der Waals surface area (Å²) in [6.07, 6.45) is 12.4. The number of ether oxygens (including phenoxy) is 2. The summed E-state index contributed by atoms with van der Waals surface area (Å²) in [5.41, 5.74) is 3.66. The summed E-state index contributed by atoms with van der Waals surface area (Å²) in [5, 5.41) is 19.5. The number of allylic oxidation sites excluding steroid dienone is 4. The van der Waals surface area contributed by atoms with E-state index in [0.29, 0.717) is 16.9 Å². The minimum atomic E-state index is -0.885. The fraction of sp³-hybridized carbons (Fsp3) is 0.353. The van der Waals surface area contributed by atoms with Crippen LogP contribution in [0.4, 0.5) is 5.69 Å². The normalized spacial score (nSPS) is 18.2. The predicted molar refractivity (Wildman–Crippen MR) is 159 cm³/mol. The van der Waals surface area contributed by atoms with Crippen molar-refractivity contribution in [1.29, 1.82) is 10.5 Å². The van der Waals surface area contributed by atoms with E-state index in [1.165, 1.54) is 18.5 Å². The molecule has 5 heteroatoms. The molecule has 3 rings (SSSR count). The zero-order valence-corrected chi connectivity index (χ0v) is 23.8. The lowest BCUT2D eigenvalue weighted by Gasteiger charge is -2.27. The summed E-state index contributed by atoms with van der Waals surface area (Å²) in [4.78, 5) is 2.44. The average molecular weight is 522 g/mol. The van der Waals surface area contributed by atoms with Crippen molar-refractivity contribution >= 4 is 11.8 Å². The van der Waals surface area contributed by atoms with Crippen LogP contribution in [0.15, 0.2) is 89.2 Å². The van der Waals surface area contributed by atoms with Crippen LogP contribution in [0.1, 0.15) is 64.5 Å². The third kappa shape index (κ3) is 6.81. The van der Waals surface area contributed by atoms with Gasteiger partial charge in [0.05, 0.1) is 18.8 Å². The largest absolute Gasteiger partial charge is 0.496 e.